The quantitative estimate of drug-likeness (QED) is 0.607. The van der Waals surface area contributed by atoms with Crippen molar-refractivity contribution in [1.82, 2.24) is 9.97 Å². The van der Waals surface area contributed by atoms with E-state index >= 15 is 0 Å². The lowest BCUT2D eigenvalue weighted by Crippen LogP contribution is -2.30. The molecule has 28 heavy (non-hydrogen) atoms. The van der Waals surface area contributed by atoms with Gasteiger partial charge in [0.05, 0.1) is 12.6 Å². The number of benzene rings is 1. The number of halogens is 3. The van der Waals surface area contributed by atoms with E-state index in [0.717, 1.165) is 11.6 Å². The maximum absolute atomic E-state index is 13.3. The van der Waals surface area contributed by atoms with E-state index in [1.165, 1.54) is 5.56 Å². The fourth-order valence-electron chi connectivity index (χ4n) is 2.86. The van der Waals surface area contributed by atoms with Crippen LogP contribution in [0.2, 0.25) is 0 Å². The number of nitrogens with one attached hydrogen (secondary N) is 2. The fraction of sp³-hybridized carbons (Fsp3) is 0.500. The highest BCUT2D eigenvalue weighted by molar-refractivity contribution is 5.60. The van der Waals surface area contributed by atoms with Gasteiger partial charge in [0.1, 0.15) is 5.82 Å². The summed E-state index contributed by atoms with van der Waals surface area (Å²) in [5, 5.41) is 15.2. The Morgan fingerprint density at radius 2 is 1.75 bits per heavy atom. The second kappa shape index (κ2) is 8.77. The SMILES string of the molecule is Cc1cc(Nc2cc(C(F)(F)F)nc(N[C@@H](CO)C(C)C)n2)ccc1C(C)C. The molecule has 1 aromatic heterocycles. The summed E-state index contributed by atoms with van der Waals surface area (Å²) >= 11 is 0. The summed E-state index contributed by atoms with van der Waals surface area (Å²) in [5.41, 5.74) is 1.81. The maximum atomic E-state index is 13.3. The first-order valence-corrected chi connectivity index (χ1v) is 9.22. The van der Waals surface area contributed by atoms with E-state index in [-0.39, 0.29) is 24.3 Å². The molecule has 0 amide bonds. The van der Waals surface area contributed by atoms with Crippen molar-refractivity contribution in [3.63, 3.8) is 0 Å². The van der Waals surface area contributed by atoms with Gasteiger partial charge in [0.25, 0.3) is 0 Å². The van der Waals surface area contributed by atoms with E-state index < -0.39 is 17.9 Å². The molecular weight excluding hydrogens is 369 g/mol. The first-order chi connectivity index (χ1) is 13.0. The molecule has 3 N–H and O–H groups in total. The number of nitrogens with zero attached hydrogens (tertiary/aromatic N) is 2. The molecule has 1 atom stereocenters. The summed E-state index contributed by atoms with van der Waals surface area (Å²) in [6, 6.07) is 6.07. The minimum Gasteiger partial charge on any atom is -0.394 e. The van der Waals surface area contributed by atoms with E-state index in [2.05, 4.69) is 34.4 Å². The van der Waals surface area contributed by atoms with Crippen LogP contribution in [0.25, 0.3) is 0 Å². The van der Waals surface area contributed by atoms with Crippen molar-refractivity contribution in [3.05, 3.63) is 41.1 Å². The zero-order valence-corrected chi connectivity index (χ0v) is 16.7. The number of aryl methyl sites for hydroxylation is 1. The molecule has 2 rings (SSSR count). The standard InChI is InChI=1S/C20H27F3N4O/c1-11(2)15-7-6-14(8-13(15)5)24-18-9-17(20(21,22)23)26-19(27-18)25-16(10-28)12(3)4/h6-9,11-12,16,28H,10H2,1-5H3,(H2,24,25,26,27)/t16-/m0/s1. The summed E-state index contributed by atoms with van der Waals surface area (Å²) in [6.45, 7) is 9.58. The molecule has 0 aliphatic rings. The summed E-state index contributed by atoms with van der Waals surface area (Å²) in [5.74, 6) is 0.195. The van der Waals surface area contributed by atoms with Crippen LogP contribution in [0.5, 0.6) is 0 Å². The van der Waals surface area contributed by atoms with E-state index in [0.29, 0.717) is 11.6 Å². The number of anilines is 3. The highest BCUT2D eigenvalue weighted by Gasteiger charge is 2.34. The molecule has 0 radical (unpaired) electrons. The lowest BCUT2D eigenvalue weighted by molar-refractivity contribution is -0.141. The molecule has 5 nitrogen and oxygen atoms in total. The first kappa shape index (κ1) is 21.9. The van der Waals surface area contributed by atoms with Crippen molar-refractivity contribution in [3.8, 4) is 0 Å². The van der Waals surface area contributed by atoms with Gasteiger partial charge in [-0.2, -0.15) is 18.2 Å². The average molecular weight is 396 g/mol. The van der Waals surface area contributed by atoms with Crippen LogP contribution in [-0.2, 0) is 6.18 Å². The summed E-state index contributed by atoms with van der Waals surface area (Å²) in [6.07, 6.45) is -4.61. The Morgan fingerprint density at radius 3 is 2.25 bits per heavy atom. The Hall–Kier alpha value is -2.35. The number of aliphatic hydroxyl groups excluding tert-OH is 1. The number of aromatic nitrogens is 2. The predicted molar refractivity (Wildman–Crippen MR) is 105 cm³/mol. The molecule has 0 spiro atoms. The van der Waals surface area contributed by atoms with Crippen LogP contribution in [0.4, 0.5) is 30.6 Å². The Morgan fingerprint density at radius 1 is 1.07 bits per heavy atom. The molecule has 0 aliphatic heterocycles. The summed E-state index contributed by atoms with van der Waals surface area (Å²) in [7, 11) is 0. The second-order valence-electron chi connectivity index (χ2n) is 7.49. The molecule has 0 bridgehead atoms. The molecular formula is C20H27F3N4O. The number of alkyl halides is 3. The van der Waals surface area contributed by atoms with Crippen LogP contribution in [-0.4, -0.2) is 27.7 Å². The maximum Gasteiger partial charge on any atom is 0.433 e. The van der Waals surface area contributed by atoms with Crippen LogP contribution in [0.3, 0.4) is 0 Å². The topological polar surface area (TPSA) is 70.1 Å². The van der Waals surface area contributed by atoms with Gasteiger partial charge < -0.3 is 15.7 Å². The molecule has 1 heterocycles. The highest BCUT2D eigenvalue weighted by atomic mass is 19.4. The molecule has 0 saturated carbocycles. The van der Waals surface area contributed by atoms with Gasteiger partial charge >= 0.3 is 6.18 Å². The molecule has 2 aromatic rings. The Bertz CT molecular complexity index is 807. The lowest BCUT2D eigenvalue weighted by Gasteiger charge is -2.21. The smallest absolute Gasteiger partial charge is 0.394 e. The normalized spacial score (nSPS) is 13.1. The van der Waals surface area contributed by atoms with Crippen molar-refractivity contribution in [2.75, 3.05) is 17.2 Å². The van der Waals surface area contributed by atoms with Crippen molar-refractivity contribution in [2.24, 2.45) is 5.92 Å². The van der Waals surface area contributed by atoms with Gasteiger partial charge in [0.2, 0.25) is 5.95 Å². The molecule has 8 heteroatoms. The number of rotatable bonds is 7. The molecule has 0 saturated heterocycles. The second-order valence-corrected chi connectivity index (χ2v) is 7.49. The van der Waals surface area contributed by atoms with Crippen molar-refractivity contribution < 1.29 is 18.3 Å². The first-order valence-electron chi connectivity index (χ1n) is 9.22. The third-order valence-electron chi connectivity index (χ3n) is 4.50. The van der Waals surface area contributed by atoms with E-state index in [9.17, 15) is 18.3 Å². The molecule has 1 aromatic carbocycles. The van der Waals surface area contributed by atoms with Gasteiger partial charge in [-0.15, -0.1) is 0 Å². The van der Waals surface area contributed by atoms with Gasteiger partial charge in [0, 0.05) is 11.8 Å². The van der Waals surface area contributed by atoms with Gasteiger partial charge in [0.15, 0.2) is 5.69 Å². The summed E-state index contributed by atoms with van der Waals surface area (Å²) < 4.78 is 39.8. The molecule has 154 valence electrons. The van der Waals surface area contributed by atoms with Gasteiger partial charge in [-0.25, -0.2) is 4.98 Å². The average Bonchev–Trinajstić information content (AvgIpc) is 2.58. The van der Waals surface area contributed by atoms with Gasteiger partial charge in [-0.3, -0.25) is 0 Å². The Kier molecular flexibility index (Phi) is 6.87. The zero-order valence-electron chi connectivity index (χ0n) is 16.7. The van der Waals surface area contributed by atoms with Gasteiger partial charge in [-0.05, 0) is 42.0 Å². The van der Waals surface area contributed by atoms with Crippen molar-refractivity contribution in [2.45, 2.75) is 52.8 Å². The number of aliphatic hydroxyl groups is 1. The molecule has 0 aliphatic carbocycles. The fourth-order valence-corrected chi connectivity index (χ4v) is 2.86. The Labute approximate surface area is 163 Å². The van der Waals surface area contributed by atoms with E-state index in [1.807, 2.05) is 39.0 Å². The van der Waals surface area contributed by atoms with Crippen LogP contribution < -0.4 is 10.6 Å². The monoisotopic (exact) mass is 396 g/mol. The molecule has 0 unspecified atom stereocenters. The third-order valence-corrected chi connectivity index (χ3v) is 4.50. The van der Waals surface area contributed by atoms with E-state index in [1.54, 1.807) is 0 Å². The largest absolute Gasteiger partial charge is 0.433 e. The van der Waals surface area contributed by atoms with Crippen LogP contribution in [0, 0.1) is 12.8 Å². The third kappa shape index (κ3) is 5.58. The lowest BCUT2D eigenvalue weighted by atomic mass is 9.98. The minimum atomic E-state index is -4.61. The minimum absolute atomic E-state index is 0.00854. The highest BCUT2D eigenvalue weighted by Crippen LogP contribution is 2.31. The Balaban J connectivity index is 2.37. The van der Waals surface area contributed by atoms with Crippen molar-refractivity contribution in [1.29, 1.82) is 0 Å². The van der Waals surface area contributed by atoms with Crippen LogP contribution in [0.15, 0.2) is 24.3 Å². The van der Waals surface area contributed by atoms with Gasteiger partial charge in [-0.1, -0.05) is 33.8 Å². The zero-order chi connectivity index (χ0) is 21.1. The predicted octanol–water partition coefficient (Wildman–Crippen LogP) is 5.10. The number of hydrogen-bond donors (Lipinski definition) is 3. The van der Waals surface area contributed by atoms with Crippen molar-refractivity contribution >= 4 is 17.5 Å². The number of hydrogen-bond acceptors (Lipinski definition) is 5. The summed E-state index contributed by atoms with van der Waals surface area (Å²) in [4.78, 5) is 7.73. The van der Waals surface area contributed by atoms with E-state index in [4.69, 9.17) is 0 Å². The molecule has 0 fully saturated rings. The van der Waals surface area contributed by atoms with Crippen LogP contribution in [0.1, 0.15) is 50.4 Å². The van der Waals surface area contributed by atoms with Crippen LogP contribution >= 0.6 is 0 Å².